The van der Waals surface area contributed by atoms with Crippen molar-refractivity contribution in [3.8, 4) is 17.2 Å². The highest BCUT2D eigenvalue weighted by atomic mass is 32.2. The van der Waals surface area contributed by atoms with Crippen molar-refractivity contribution in [1.82, 2.24) is 4.98 Å². The number of benzene rings is 2. The zero-order valence-corrected chi connectivity index (χ0v) is 12.1. The molecule has 5 nitrogen and oxygen atoms in total. The molecule has 108 valence electrons. The highest BCUT2D eigenvalue weighted by Gasteiger charge is 2.16. The third-order valence-corrected chi connectivity index (χ3v) is 4.96. The van der Waals surface area contributed by atoms with Crippen LogP contribution in [0.2, 0.25) is 0 Å². The van der Waals surface area contributed by atoms with Crippen molar-refractivity contribution in [1.29, 1.82) is 0 Å². The van der Waals surface area contributed by atoms with Crippen LogP contribution in [0.25, 0.3) is 22.6 Å². The van der Waals surface area contributed by atoms with Gasteiger partial charge >= 0.3 is 0 Å². The van der Waals surface area contributed by atoms with E-state index in [2.05, 4.69) is 4.98 Å². The number of oxazole rings is 1. The summed E-state index contributed by atoms with van der Waals surface area (Å²) >= 11 is 0. The quantitative estimate of drug-likeness (QED) is 0.804. The molecule has 0 amide bonds. The number of fused-ring (bicyclic) bond motifs is 1. The molecule has 6 heteroatoms. The van der Waals surface area contributed by atoms with Gasteiger partial charge in [0, 0.05) is 0 Å². The number of aromatic nitrogens is 1. The molecule has 1 heterocycles. The number of hydrogen-bond acceptors (Lipinski definition) is 5. The molecule has 2 aromatic carbocycles. The lowest BCUT2D eigenvalue weighted by Crippen LogP contribution is -2.03. The topological polar surface area (TPSA) is 80.4 Å². The van der Waals surface area contributed by atoms with Gasteiger partial charge in [0.05, 0.1) is 16.2 Å². The lowest BCUT2D eigenvalue weighted by Gasteiger charge is -1.99. The minimum Gasteiger partial charge on any atom is -0.507 e. The first-order valence-corrected chi connectivity index (χ1v) is 8.08. The van der Waals surface area contributed by atoms with Gasteiger partial charge < -0.3 is 9.52 Å². The summed E-state index contributed by atoms with van der Waals surface area (Å²) in [6.07, 6.45) is 0. The first-order chi connectivity index (χ1) is 10.0. The van der Waals surface area contributed by atoms with Gasteiger partial charge in [0.1, 0.15) is 11.3 Å². The van der Waals surface area contributed by atoms with Gasteiger partial charge in [-0.05, 0) is 30.3 Å². The Labute approximate surface area is 121 Å². The second kappa shape index (κ2) is 4.89. The Bertz CT molecular complexity index is 912. The molecule has 0 aliphatic carbocycles. The van der Waals surface area contributed by atoms with Crippen LogP contribution < -0.4 is 0 Å². The number of rotatable bonds is 3. The summed E-state index contributed by atoms with van der Waals surface area (Å²) in [5.74, 6) is 0.350. The Morgan fingerprint density at radius 3 is 2.67 bits per heavy atom. The van der Waals surface area contributed by atoms with Crippen LogP contribution in [0.3, 0.4) is 0 Å². The van der Waals surface area contributed by atoms with Crippen LogP contribution in [-0.4, -0.2) is 24.3 Å². The van der Waals surface area contributed by atoms with Crippen molar-refractivity contribution in [2.75, 3.05) is 5.75 Å². The molecule has 21 heavy (non-hydrogen) atoms. The van der Waals surface area contributed by atoms with Crippen LogP contribution in [0.15, 0.2) is 51.8 Å². The number of sulfone groups is 1. The molecule has 0 unspecified atom stereocenters. The zero-order chi connectivity index (χ0) is 15.0. The third kappa shape index (κ3) is 2.38. The summed E-state index contributed by atoms with van der Waals surface area (Å²) in [6.45, 7) is 1.59. The van der Waals surface area contributed by atoms with E-state index in [0.29, 0.717) is 16.7 Å². The second-order valence-electron chi connectivity index (χ2n) is 4.57. The summed E-state index contributed by atoms with van der Waals surface area (Å²) < 4.78 is 29.3. The highest BCUT2D eigenvalue weighted by molar-refractivity contribution is 7.91. The minimum atomic E-state index is -3.28. The van der Waals surface area contributed by atoms with Crippen molar-refractivity contribution in [2.45, 2.75) is 11.8 Å². The average Bonchev–Trinajstić information content (AvgIpc) is 2.90. The maximum atomic E-state index is 11.9. The molecule has 0 saturated heterocycles. The predicted molar refractivity (Wildman–Crippen MR) is 78.8 cm³/mol. The van der Waals surface area contributed by atoms with Gasteiger partial charge in [0.15, 0.2) is 15.4 Å². The number of hydrogen-bond donors (Lipinski definition) is 1. The Morgan fingerprint density at radius 1 is 1.19 bits per heavy atom. The van der Waals surface area contributed by atoms with Gasteiger partial charge in [0.2, 0.25) is 5.89 Å². The van der Waals surface area contributed by atoms with Crippen LogP contribution in [-0.2, 0) is 9.84 Å². The van der Waals surface area contributed by atoms with Crippen molar-refractivity contribution >= 4 is 20.9 Å². The van der Waals surface area contributed by atoms with E-state index in [1.54, 1.807) is 31.2 Å². The van der Waals surface area contributed by atoms with E-state index >= 15 is 0 Å². The van der Waals surface area contributed by atoms with Gasteiger partial charge in [-0.25, -0.2) is 13.4 Å². The lowest BCUT2D eigenvalue weighted by atomic mass is 10.2. The van der Waals surface area contributed by atoms with E-state index < -0.39 is 9.84 Å². The fourth-order valence-corrected chi connectivity index (χ4v) is 2.94. The number of phenols is 1. The van der Waals surface area contributed by atoms with Gasteiger partial charge in [-0.1, -0.05) is 19.1 Å². The Kier molecular flexibility index (Phi) is 3.17. The number of phenolic OH excluding ortho intramolecular Hbond substituents is 1. The van der Waals surface area contributed by atoms with Gasteiger partial charge in [-0.3, -0.25) is 0 Å². The predicted octanol–water partition coefficient (Wildman–Crippen LogP) is 2.99. The molecular weight excluding hydrogens is 290 g/mol. The molecule has 0 radical (unpaired) electrons. The van der Waals surface area contributed by atoms with Gasteiger partial charge in [0.25, 0.3) is 0 Å². The molecule has 0 saturated carbocycles. The van der Waals surface area contributed by atoms with E-state index in [-0.39, 0.29) is 22.3 Å². The maximum absolute atomic E-state index is 11.9. The molecular formula is C15H13NO4S. The van der Waals surface area contributed by atoms with E-state index in [0.717, 1.165) is 0 Å². The number of para-hydroxylation sites is 1. The molecule has 0 fully saturated rings. The molecule has 0 aliphatic rings. The minimum absolute atomic E-state index is 0.0304. The van der Waals surface area contributed by atoms with Crippen LogP contribution in [0, 0.1) is 0 Å². The molecule has 3 aromatic rings. The fourth-order valence-electron chi connectivity index (χ4n) is 2.04. The maximum Gasteiger partial charge on any atom is 0.231 e. The number of nitrogens with zero attached hydrogens (tertiary/aromatic N) is 1. The normalized spacial score (nSPS) is 11.9. The molecule has 0 spiro atoms. The first-order valence-electron chi connectivity index (χ1n) is 6.43. The van der Waals surface area contributed by atoms with Crippen LogP contribution in [0.1, 0.15) is 6.92 Å². The van der Waals surface area contributed by atoms with E-state index in [1.807, 2.05) is 0 Å². The second-order valence-corrected chi connectivity index (χ2v) is 6.85. The highest BCUT2D eigenvalue weighted by Crippen LogP contribution is 2.31. The Hall–Kier alpha value is -2.34. The Morgan fingerprint density at radius 2 is 1.95 bits per heavy atom. The van der Waals surface area contributed by atoms with E-state index in [4.69, 9.17) is 4.42 Å². The van der Waals surface area contributed by atoms with Crippen LogP contribution in [0.4, 0.5) is 0 Å². The van der Waals surface area contributed by atoms with Gasteiger partial charge in [-0.2, -0.15) is 0 Å². The summed E-state index contributed by atoms with van der Waals surface area (Å²) in [7, 11) is -3.28. The lowest BCUT2D eigenvalue weighted by molar-refractivity contribution is 0.474. The van der Waals surface area contributed by atoms with Crippen molar-refractivity contribution < 1.29 is 17.9 Å². The summed E-state index contributed by atoms with van der Waals surface area (Å²) in [5.41, 5.74) is 1.39. The van der Waals surface area contributed by atoms with Crippen molar-refractivity contribution in [2.24, 2.45) is 0 Å². The molecule has 3 rings (SSSR count). The van der Waals surface area contributed by atoms with E-state index in [1.165, 1.54) is 18.2 Å². The van der Waals surface area contributed by atoms with E-state index in [9.17, 15) is 13.5 Å². The van der Waals surface area contributed by atoms with Crippen molar-refractivity contribution in [3.63, 3.8) is 0 Å². The first kappa shape index (κ1) is 13.6. The number of aromatic hydroxyl groups is 1. The average molecular weight is 303 g/mol. The summed E-state index contributed by atoms with van der Waals surface area (Å²) in [5, 5.41) is 9.82. The standard InChI is InChI=1S/C15H13NO4S/c1-2-21(18,19)10-7-8-14-12(9-10)16-15(20-14)11-5-3-4-6-13(11)17/h3-9,17H,2H2,1H3. The van der Waals surface area contributed by atoms with Crippen LogP contribution >= 0.6 is 0 Å². The monoisotopic (exact) mass is 303 g/mol. The van der Waals surface area contributed by atoms with Crippen LogP contribution in [0.5, 0.6) is 5.75 Å². The SMILES string of the molecule is CCS(=O)(=O)c1ccc2oc(-c3ccccc3O)nc2c1. The molecule has 0 atom stereocenters. The summed E-state index contributed by atoms with van der Waals surface area (Å²) in [4.78, 5) is 4.48. The molecule has 0 aliphatic heterocycles. The molecule has 1 aromatic heterocycles. The largest absolute Gasteiger partial charge is 0.507 e. The summed E-state index contributed by atoms with van der Waals surface area (Å²) in [6, 6.07) is 11.3. The Balaban J connectivity index is 2.16. The van der Waals surface area contributed by atoms with Gasteiger partial charge in [-0.15, -0.1) is 0 Å². The van der Waals surface area contributed by atoms with Crippen molar-refractivity contribution in [3.05, 3.63) is 42.5 Å². The third-order valence-electron chi connectivity index (χ3n) is 3.23. The smallest absolute Gasteiger partial charge is 0.231 e. The molecule has 1 N–H and O–H groups in total. The fraction of sp³-hybridized carbons (Fsp3) is 0.133. The molecule has 0 bridgehead atoms. The zero-order valence-electron chi connectivity index (χ0n) is 11.3.